The second-order valence-electron chi connectivity index (χ2n) is 4.04. The molecule has 0 amide bonds. The highest BCUT2D eigenvalue weighted by atomic mass is 16.7. The molecular weight excluding hydrogens is 192 g/mol. The van der Waals surface area contributed by atoms with E-state index >= 15 is 0 Å². The minimum atomic E-state index is -0.711. The summed E-state index contributed by atoms with van der Waals surface area (Å²) in [5, 5.41) is 1.71. The molecule has 2 heterocycles. The molecule has 1 aromatic rings. The summed E-state index contributed by atoms with van der Waals surface area (Å²) in [6, 6.07) is 5.81. The lowest BCUT2D eigenvalue weighted by atomic mass is 9.98. The molecule has 15 heavy (non-hydrogen) atoms. The van der Waals surface area contributed by atoms with Crippen molar-refractivity contribution in [3.05, 3.63) is 30.1 Å². The van der Waals surface area contributed by atoms with Crippen molar-refractivity contribution < 1.29 is 9.63 Å². The number of nitrogens with zero attached hydrogens (tertiary/aromatic N) is 2. The summed E-state index contributed by atoms with van der Waals surface area (Å²) in [6.07, 6.45) is 3.25. The van der Waals surface area contributed by atoms with Crippen LogP contribution in [0.1, 0.15) is 25.1 Å². The summed E-state index contributed by atoms with van der Waals surface area (Å²) in [5.74, 6) is 0. The average molecular weight is 206 g/mol. The van der Waals surface area contributed by atoms with E-state index in [9.17, 15) is 4.79 Å². The van der Waals surface area contributed by atoms with E-state index in [1.54, 1.807) is 18.2 Å². The fourth-order valence-electron chi connectivity index (χ4n) is 1.88. The monoisotopic (exact) mass is 206 g/mol. The Morgan fingerprint density at radius 2 is 2.47 bits per heavy atom. The number of carbonyl (C=O) groups excluding carboxylic acids is 1. The predicted molar refractivity (Wildman–Crippen MR) is 54.9 cm³/mol. The average Bonchev–Trinajstić information content (AvgIpc) is 2.57. The van der Waals surface area contributed by atoms with Crippen molar-refractivity contribution in [1.82, 2.24) is 10.0 Å². The van der Waals surface area contributed by atoms with Crippen LogP contribution in [0.4, 0.5) is 0 Å². The Bertz CT molecular complexity index is 355. The van der Waals surface area contributed by atoms with Gasteiger partial charge in [0, 0.05) is 19.7 Å². The van der Waals surface area contributed by atoms with Gasteiger partial charge < -0.3 is 4.79 Å². The Hall–Kier alpha value is -1.26. The Balaban J connectivity index is 2.23. The number of aromatic nitrogens is 1. The van der Waals surface area contributed by atoms with E-state index < -0.39 is 5.60 Å². The number of pyridine rings is 1. The molecule has 0 saturated carbocycles. The van der Waals surface area contributed by atoms with E-state index in [1.165, 1.54) is 0 Å². The van der Waals surface area contributed by atoms with Gasteiger partial charge in [-0.3, -0.25) is 9.82 Å². The van der Waals surface area contributed by atoms with Gasteiger partial charge in [-0.05, 0) is 19.1 Å². The Kier molecular flexibility index (Phi) is 2.54. The number of hydrogen-bond donors (Lipinski definition) is 0. The number of rotatable bonds is 2. The van der Waals surface area contributed by atoms with Crippen molar-refractivity contribution in [2.45, 2.75) is 25.0 Å². The number of carbonyl (C=O) groups is 1. The third-order valence-corrected chi connectivity index (χ3v) is 2.67. The zero-order valence-electron chi connectivity index (χ0n) is 8.88. The van der Waals surface area contributed by atoms with Crippen LogP contribution >= 0.6 is 0 Å². The van der Waals surface area contributed by atoms with E-state index in [-0.39, 0.29) is 6.04 Å². The first-order valence-electron chi connectivity index (χ1n) is 4.94. The van der Waals surface area contributed by atoms with Gasteiger partial charge in [0.05, 0.1) is 11.7 Å². The maximum absolute atomic E-state index is 10.9. The predicted octanol–water partition coefficient (Wildman–Crippen LogP) is 1.35. The van der Waals surface area contributed by atoms with Gasteiger partial charge in [0.2, 0.25) is 0 Å². The SMILES string of the molecule is CN1O[C@](C)(C=O)C[C@H]1c1ccccn1. The van der Waals surface area contributed by atoms with Crippen LogP contribution in [0, 0.1) is 0 Å². The van der Waals surface area contributed by atoms with E-state index in [1.807, 2.05) is 25.2 Å². The molecule has 80 valence electrons. The molecule has 0 aliphatic carbocycles. The molecular formula is C11H14N2O2. The zero-order chi connectivity index (χ0) is 10.9. The van der Waals surface area contributed by atoms with E-state index in [0.29, 0.717) is 6.42 Å². The van der Waals surface area contributed by atoms with Gasteiger partial charge in [-0.1, -0.05) is 6.07 Å². The van der Waals surface area contributed by atoms with Crippen LogP contribution in [-0.4, -0.2) is 29.0 Å². The van der Waals surface area contributed by atoms with Crippen molar-refractivity contribution in [3.63, 3.8) is 0 Å². The summed E-state index contributed by atoms with van der Waals surface area (Å²) < 4.78 is 0. The molecule has 4 heteroatoms. The van der Waals surface area contributed by atoms with Crippen LogP contribution < -0.4 is 0 Å². The highest BCUT2D eigenvalue weighted by molar-refractivity contribution is 5.62. The highest BCUT2D eigenvalue weighted by Crippen LogP contribution is 2.36. The molecule has 0 spiro atoms. The van der Waals surface area contributed by atoms with Crippen molar-refractivity contribution in [1.29, 1.82) is 0 Å². The minimum absolute atomic E-state index is 0.0569. The maximum atomic E-state index is 10.9. The first-order valence-corrected chi connectivity index (χ1v) is 4.94. The topological polar surface area (TPSA) is 42.4 Å². The third kappa shape index (κ3) is 1.91. The molecule has 0 unspecified atom stereocenters. The molecule has 1 saturated heterocycles. The van der Waals surface area contributed by atoms with Crippen LogP contribution in [-0.2, 0) is 9.63 Å². The van der Waals surface area contributed by atoms with Crippen LogP contribution in [0.25, 0.3) is 0 Å². The second-order valence-corrected chi connectivity index (χ2v) is 4.04. The molecule has 1 aliphatic heterocycles. The normalized spacial score (nSPS) is 31.7. The van der Waals surface area contributed by atoms with Gasteiger partial charge in [0.1, 0.15) is 5.60 Å². The Morgan fingerprint density at radius 1 is 1.67 bits per heavy atom. The lowest BCUT2D eigenvalue weighted by molar-refractivity contribution is -0.182. The first-order chi connectivity index (χ1) is 7.14. The number of hydroxylamine groups is 2. The molecule has 2 rings (SSSR count). The molecule has 0 aromatic carbocycles. The molecule has 1 aromatic heterocycles. The minimum Gasteiger partial charge on any atom is -0.300 e. The molecule has 1 fully saturated rings. The lowest BCUT2D eigenvalue weighted by Crippen LogP contribution is -2.27. The van der Waals surface area contributed by atoms with Gasteiger partial charge >= 0.3 is 0 Å². The molecule has 0 bridgehead atoms. The summed E-state index contributed by atoms with van der Waals surface area (Å²) in [4.78, 5) is 20.6. The Morgan fingerprint density at radius 3 is 3.00 bits per heavy atom. The molecule has 0 radical (unpaired) electrons. The number of hydrogen-bond acceptors (Lipinski definition) is 4. The summed E-state index contributed by atoms with van der Waals surface area (Å²) in [7, 11) is 1.83. The molecule has 0 N–H and O–H groups in total. The van der Waals surface area contributed by atoms with Crippen LogP contribution in [0.2, 0.25) is 0 Å². The fourth-order valence-corrected chi connectivity index (χ4v) is 1.88. The summed E-state index contributed by atoms with van der Waals surface area (Å²) >= 11 is 0. The van der Waals surface area contributed by atoms with Crippen LogP contribution in [0.5, 0.6) is 0 Å². The van der Waals surface area contributed by atoms with E-state index in [2.05, 4.69) is 4.98 Å². The number of aldehydes is 1. The fraction of sp³-hybridized carbons (Fsp3) is 0.455. The van der Waals surface area contributed by atoms with E-state index in [0.717, 1.165) is 12.0 Å². The maximum Gasteiger partial charge on any atom is 0.153 e. The quantitative estimate of drug-likeness (QED) is 0.685. The first kappa shape index (κ1) is 10.3. The van der Waals surface area contributed by atoms with Gasteiger partial charge in [0.15, 0.2) is 6.29 Å². The molecule has 2 atom stereocenters. The van der Waals surface area contributed by atoms with Crippen molar-refractivity contribution in [2.75, 3.05) is 7.05 Å². The largest absolute Gasteiger partial charge is 0.300 e. The van der Waals surface area contributed by atoms with Gasteiger partial charge in [-0.15, -0.1) is 0 Å². The smallest absolute Gasteiger partial charge is 0.153 e. The standard InChI is InChI=1S/C11H14N2O2/c1-11(8-14)7-10(13(2)15-11)9-5-3-4-6-12-9/h3-6,8,10H,7H2,1-2H3/t10-,11-/m0/s1. The van der Waals surface area contributed by atoms with Gasteiger partial charge in [-0.2, -0.15) is 5.06 Å². The summed E-state index contributed by atoms with van der Waals surface area (Å²) in [6.45, 7) is 1.79. The second kappa shape index (κ2) is 3.72. The zero-order valence-corrected chi connectivity index (χ0v) is 8.88. The van der Waals surface area contributed by atoms with Crippen molar-refractivity contribution in [2.24, 2.45) is 0 Å². The Labute approximate surface area is 88.8 Å². The van der Waals surface area contributed by atoms with Gasteiger partial charge in [0.25, 0.3) is 0 Å². The van der Waals surface area contributed by atoms with Crippen LogP contribution in [0.3, 0.4) is 0 Å². The molecule has 1 aliphatic rings. The van der Waals surface area contributed by atoms with E-state index in [4.69, 9.17) is 4.84 Å². The van der Waals surface area contributed by atoms with Crippen molar-refractivity contribution >= 4 is 6.29 Å². The lowest BCUT2D eigenvalue weighted by Gasteiger charge is -2.17. The highest BCUT2D eigenvalue weighted by Gasteiger charge is 2.41. The summed E-state index contributed by atoms with van der Waals surface area (Å²) in [5.41, 5.74) is 0.224. The molecule has 4 nitrogen and oxygen atoms in total. The van der Waals surface area contributed by atoms with Crippen molar-refractivity contribution in [3.8, 4) is 0 Å². The third-order valence-electron chi connectivity index (χ3n) is 2.67. The van der Waals surface area contributed by atoms with Crippen LogP contribution in [0.15, 0.2) is 24.4 Å². The van der Waals surface area contributed by atoms with Gasteiger partial charge in [-0.25, -0.2) is 0 Å².